The molecule has 0 saturated carbocycles. The molecule has 0 aliphatic heterocycles. The number of hydrogen-bond donors (Lipinski definition) is 0. The van der Waals surface area contributed by atoms with Gasteiger partial charge >= 0.3 is 5.97 Å². The first-order valence-corrected chi connectivity index (χ1v) is 11.9. The van der Waals surface area contributed by atoms with Gasteiger partial charge in [0.15, 0.2) is 0 Å². The van der Waals surface area contributed by atoms with Crippen molar-refractivity contribution in [2.75, 3.05) is 13.2 Å². The van der Waals surface area contributed by atoms with Crippen LogP contribution in [0.2, 0.25) is 0 Å². The molecule has 4 nitrogen and oxygen atoms in total. The molecular weight excluding hydrogens is 412 g/mol. The Morgan fingerprint density at radius 2 is 1.27 bits per heavy atom. The molecule has 0 bridgehead atoms. The number of carbonyl (C=O) groups is 1. The van der Waals surface area contributed by atoms with Crippen molar-refractivity contribution in [3.05, 3.63) is 95.3 Å². The average Bonchev–Trinajstić information content (AvgIpc) is 3.38. The second-order valence-corrected chi connectivity index (χ2v) is 9.73. The topological polar surface area (TPSA) is 44.8 Å². The lowest BCUT2D eigenvalue weighted by molar-refractivity contribution is -0.139. The van der Waals surface area contributed by atoms with Crippen LogP contribution in [-0.2, 0) is 32.2 Å². The molecule has 0 spiro atoms. The zero-order valence-corrected chi connectivity index (χ0v) is 19.7. The number of carbonyl (C=O) groups excluding carboxylic acids is 1. The molecule has 174 valence electrons. The van der Waals surface area contributed by atoms with E-state index in [4.69, 9.17) is 14.2 Å². The number of benzene rings is 2. The predicted octanol–water partition coefficient (Wildman–Crippen LogP) is 6.37. The van der Waals surface area contributed by atoms with Gasteiger partial charge in [0.25, 0.3) is 0 Å². The first-order valence-electron chi connectivity index (χ1n) is 11.9. The average molecular weight is 447 g/mol. The van der Waals surface area contributed by atoms with Crippen molar-refractivity contribution in [3.63, 3.8) is 0 Å². The van der Waals surface area contributed by atoms with Crippen LogP contribution in [0.3, 0.4) is 0 Å². The Morgan fingerprint density at radius 3 is 1.88 bits per heavy atom. The van der Waals surface area contributed by atoms with E-state index in [0.29, 0.717) is 26.4 Å². The zero-order valence-electron chi connectivity index (χ0n) is 19.7. The largest absolute Gasteiger partial charge is 0.427 e. The van der Waals surface area contributed by atoms with Gasteiger partial charge in [-0.05, 0) is 42.9 Å². The molecule has 0 heterocycles. The summed E-state index contributed by atoms with van der Waals surface area (Å²) in [6.07, 6.45) is 7.63. The van der Waals surface area contributed by atoms with Gasteiger partial charge in [-0.25, -0.2) is 4.79 Å². The van der Waals surface area contributed by atoms with Crippen LogP contribution in [-0.4, -0.2) is 19.2 Å². The van der Waals surface area contributed by atoms with Crippen LogP contribution in [0.4, 0.5) is 0 Å². The molecule has 0 radical (unpaired) electrons. The Hall–Kier alpha value is -2.69. The highest BCUT2D eigenvalue weighted by Crippen LogP contribution is 2.43. The molecule has 4 rings (SSSR count). The van der Waals surface area contributed by atoms with Gasteiger partial charge in [0.05, 0.1) is 26.4 Å². The highest BCUT2D eigenvalue weighted by atomic mass is 16.5. The van der Waals surface area contributed by atoms with Crippen molar-refractivity contribution >= 4 is 5.97 Å². The van der Waals surface area contributed by atoms with Crippen molar-refractivity contribution in [2.24, 2.45) is 10.8 Å². The molecule has 4 heteroatoms. The van der Waals surface area contributed by atoms with Gasteiger partial charge in [-0.15, -0.1) is 0 Å². The Morgan fingerprint density at radius 1 is 0.758 bits per heavy atom. The maximum absolute atomic E-state index is 13.2. The molecule has 33 heavy (non-hydrogen) atoms. The van der Waals surface area contributed by atoms with Gasteiger partial charge in [0.2, 0.25) is 0 Å². The van der Waals surface area contributed by atoms with E-state index in [2.05, 4.69) is 38.1 Å². The Kier molecular flexibility index (Phi) is 7.46. The fourth-order valence-electron chi connectivity index (χ4n) is 4.69. The quantitative estimate of drug-likeness (QED) is 0.398. The Bertz CT molecular complexity index is 995. The van der Waals surface area contributed by atoms with Gasteiger partial charge in [-0.1, -0.05) is 80.6 Å². The number of hydrogen-bond acceptors (Lipinski definition) is 4. The van der Waals surface area contributed by atoms with E-state index < -0.39 is 0 Å². The molecular formula is C29H34O4. The highest BCUT2D eigenvalue weighted by Gasteiger charge is 2.41. The van der Waals surface area contributed by atoms with Crippen molar-refractivity contribution in [2.45, 2.75) is 52.7 Å². The fraction of sp³-hybridized carbons (Fsp3) is 0.414. The van der Waals surface area contributed by atoms with Gasteiger partial charge in [0.1, 0.15) is 5.76 Å². The van der Waals surface area contributed by atoms with E-state index in [-0.39, 0.29) is 16.8 Å². The van der Waals surface area contributed by atoms with E-state index in [9.17, 15) is 4.79 Å². The molecule has 0 fully saturated rings. The molecule has 0 saturated heterocycles. The smallest absolute Gasteiger partial charge is 0.339 e. The highest BCUT2D eigenvalue weighted by molar-refractivity contribution is 5.91. The molecule has 2 atom stereocenters. The number of esters is 1. The van der Waals surface area contributed by atoms with Crippen molar-refractivity contribution < 1.29 is 19.0 Å². The van der Waals surface area contributed by atoms with E-state index in [1.54, 1.807) is 0 Å². The Balaban J connectivity index is 1.32. The zero-order chi connectivity index (χ0) is 23.2. The summed E-state index contributed by atoms with van der Waals surface area (Å²) >= 11 is 0. The van der Waals surface area contributed by atoms with Crippen LogP contribution in [0.5, 0.6) is 0 Å². The third kappa shape index (κ3) is 5.82. The van der Waals surface area contributed by atoms with Crippen molar-refractivity contribution in [3.8, 4) is 0 Å². The maximum atomic E-state index is 13.2. The summed E-state index contributed by atoms with van der Waals surface area (Å²) in [5.74, 6) is 0.488. The number of ether oxygens (including phenoxy) is 3. The summed E-state index contributed by atoms with van der Waals surface area (Å²) in [5, 5.41) is 0. The lowest BCUT2D eigenvalue weighted by Gasteiger charge is -2.30. The maximum Gasteiger partial charge on any atom is 0.339 e. The van der Waals surface area contributed by atoms with Gasteiger partial charge in [-0.2, -0.15) is 0 Å². The minimum absolute atomic E-state index is 0.249. The summed E-state index contributed by atoms with van der Waals surface area (Å²) in [4.78, 5) is 13.2. The van der Waals surface area contributed by atoms with E-state index >= 15 is 0 Å². The molecule has 2 aromatic rings. The fourth-order valence-corrected chi connectivity index (χ4v) is 4.69. The van der Waals surface area contributed by atoms with Crippen molar-refractivity contribution in [1.82, 2.24) is 0 Å². The lowest BCUT2D eigenvalue weighted by atomic mass is 9.84. The second-order valence-electron chi connectivity index (χ2n) is 9.73. The number of rotatable bonds is 10. The minimum atomic E-state index is -0.328. The standard InChI is InChI=1S/C29H34O4/c1-28(21-31-19-23-11-5-3-6-12-23)17-9-15-25(28)27(30)33-26-16-10-18-29(26,2)22-32-20-24-13-7-4-8-14-24/h3-8,11-16H,9-10,17-22H2,1-2H3. The SMILES string of the molecule is CC1(COCc2ccccc2)CCC=C1OC(=O)C1=CCCC1(C)COCc1ccccc1. The molecule has 0 aromatic heterocycles. The van der Waals surface area contributed by atoms with Gasteiger partial charge in [0, 0.05) is 16.4 Å². The first-order chi connectivity index (χ1) is 16.0. The molecule has 2 unspecified atom stereocenters. The molecule has 0 N–H and O–H groups in total. The van der Waals surface area contributed by atoms with E-state index in [1.807, 2.05) is 48.6 Å². The number of allylic oxidation sites excluding steroid dienone is 2. The summed E-state index contributed by atoms with van der Waals surface area (Å²) in [5.41, 5.74) is 2.39. The molecule has 2 aromatic carbocycles. The second kappa shape index (κ2) is 10.5. The summed E-state index contributed by atoms with van der Waals surface area (Å²) in [6.45, 7) is 6.34. The van der Waals surface area contributed by atoms with Gasteiger partial charge < -0.3 is 14.2 Å². The normalized spacial score (nSPS) is 24.4. The third-order valence-corrected chi connectivity index (χ3v) is 6.80. The van der Waals surface area contributed by atoms with E-state index in [1.165, 1.54) is 0 Å². The van der Waals surface area contributed by atoms with Crippen LogP contribution in [0.1, 0.15) is 50.7 Å². The summed E-state index contributed by atoms with van der Waals surface area (Å²) in [7, 11) is 0. The van der Waals surface area contributed by atoms with Crippen molar-refractivity contribution in [1.29, 1.82) is 0 Å². The molecule has 2 aliphatic carbocycles. The Labute approximate surface area is 197 Å². The minimum Gasteiger partial charge on any atom is -0.427 e. The van der Waals surface area contributed by atoms with E-state index in [0.717, 1.165) is 48.1 Å². The van der Waals surface area contributed by atoms with Crippen LogP contribution in [0, 0.1) is 10.8 Å². The molecule has 2 aliphatic rings. The lowest BCUT2D eigenvalue weighted by Crippen LogP contribution is -2.30. The van der Waals surface area contributed by atoms with Crippen LogP contribution in [0.25, 0.3) is 0 Å². The monoisotopic (exact) mass is 446 g/mol. The van der Waals surface area contributed by atoms with Crippen LogP contribution < -0.4 is 0 Å². The van der Waals surface area contributed by atoms with Crippen LogP contribution in [0.15, 0.2) is 84.1 Å². The first kappa shape index (κ1) is 23.5. The third-order valence-electron chi connectivity index (χ3n) is 6.80. The van der Waals surface area contributed by atoms with Gasteiger partial charge in [-0.3, -0.25) is 0 Å². The summed E-state index contributed by atoms with van der Waals surface area (Å²) in [6, 6.07) is 20.3. The predicted molar refractivity (Wildman–Crippen MR) is 129 cm³/mol. The summed E-state index contributed by atoms with van der Waals surface area (Å²) < 4.78 is 18.0. The molecule has 0 amide bonds. The van der Waals surface area contributed by atoms with Crippen LogP contribution >= 0.6 is 0 Å².